The predicted molar refractivity (Wildman–Crippen MR) is 205 cm³/mol. The van der Waals surface area contributed by atoms with Crippen molar-refractivity contribution in [2.45, 2.75) is 80.1 Å². The van der Waals surface area contributed by atoms with Crippen LogP contribution in [-0.4, -0.2) is 20.9 Å². The van der Waals surface area contributed by atoms with E-state index in [1.54, 1.807) is 0 Å². The molecule has 1 N–H and O–H groups in total. The number of aryl methyl sites for hydroxylation is 2. The number of benzene rings is 3. The maximum Gasteiger partial charge on any atom is 0.164 e. The minimum Gasteiger partial charge on any atom is -0.512 e. The monoisotopic (exact) mass is 856 g/mol. The van der Waals surface area contributed by atoms with Gasteiger partial charge in [0, 0.05) is 66.0 Å². The van der Waals surface area contributed by atoms with E-state index in [-0.39, 0.29) is 42.5 Å². The first-order valence-electron chi connectivity index (χ1n) is 18.0. The molecule has 0 saturated heterocycles. The maximum atomic E-state index is 12.2. The summed E-state index contributed by atoms with van der Waals surface area (Å²) in [6.07, 6.45) is 10.4. The molecule has 3 aromatic heterocycles. The number of aromatic nitrogens is 2. The van der Waals surface area contributed by atoms with Crippen LogP contribution < -0.4 is 0 Å². The van der Waals surface area contributed by atoms with Crippen LogP contribution in [0.15, 0.2) is 108 Å². The quantitative estimate of drug-likeness (QED) is 0.0890. The van der Waals surface area contributed by atoms with Crippen molar-refractivity contribution in [1.82, 2.24) is 9.97 Å². The number of aliphatic hydroxyl groups excluding tert-OH is 1. The third-order valence-electron chi connectivity index (χ3n) is 11.2. The van der Waals surface area contributed by atoms with Crippen LogP contribution in [0.3, 0.4) is 0 Å². The minimum absolute atomic E-state index is 0. The summed E-state index contributed by atoms with van der Waals surface area (Å²) >= 11 is 0. The summed E-state index contributed by atoms with van der Waals surface area (Å²) in [5.74, 6) is 1.17. The summed E-state index contributed by atoms with van der Waals surface area (Å²) in [6, 6.07) is 30.9. The summed E-state index contributed by atoms with van der Waals surface area (Å²) < 4.78 is 6.52. The summed E-state index contributed by atoms with van der Waals surface area (Å²) in [5.41, 5.74) is 7.72. The van der Waals surface area contributed by atoms with Crippen molar-refractivity contribution >= 4 is 27.5 Å². The summed E-state index contributed by atoms with van der Waals surface area (Å²) in [5, 5.41) is 13.5. The molecule has 51 heavy (non-hydrogen) atoms. The van der Waals surface area contributed by atoms with Crippen molar-refractivity contribution in [2.24, 2.45) is 10.8 Å². The fourth-order valence-corrected chi connectivity index (χ4v) is 6.71. The van der Waals surface area contributed by atoms with Crippen molar-refractivity contribution in [3.63, 3.8) is 0 Å². The summed E-state index contributed by atoms with van der Waals surface area (Å²) in [6.45, 7) is 12.1. The van der Waals surface area contributed by atoms with Gasteiger partial charge in [-0.05, 0) is 61.8 Å². The van der Waals surface area contributed by atoms with Crippen LogP contribution in [0.5, 0.6) is 0 Å². The SMILES string of the molecule is CCC(C)(CC)C(=O)/C=C(\O)C(C)(CC)CC.[Ir].[c-]1c(-c2nccc3c4c(oc23)-c2ncccc2CC4)cc(-c2ccccc2)c2ccccc12. The molecule has 6 aromatic rings. The second-order valence-corrected chi connectivity index (χ2v) is 13.9. The van der Waals surface area contributed by atoms with Crippen LogP contribution in [0.25, 0.3) is 55.6 Å². The molecular formula is C45H47IrN2O3-. The third kappa shape index (κ3) is 7.36. The van der Waals surface area contributed by atoms with Gasteiger partial charge in [0.2, 0.25) is 0 Å². The van der Waals surface area contributed by atoms with Crippen molar-refractivity contribution in [3.05, 3.63) is 120 Å². The Morgan fingerprint density at radius 1 is 0.804 bits per heavy atom. The van der Waals surface area contributed by atoms with E-state index in [1.807, 2.05) is 66.1 Å². The molecule has 0 amide bonds. The third-order valence-corrected chi connectivity index (χ3v) is 11.2. The molecule has 1 radical (unpaired) electrons. The molecule has 0 fully saturated rings. The van der Waals surface area contributed by atoms with E-state index < -0.39 is 0 Å². The van der Waals surface area contributed by atoms with Gasteiger partial charge in [-0.25, -0.2) is 0 Å². The zero-order valence-corrected chi connectivity index (χ0v) is 32.9. The molecule has 3 aromatic carbocycles. The van der Waals surface area contributed by atoms with E-state index >= 15 is 0 Å². The zero-order valence-electron chi connectivity index (χ0n) is 30.5. The van der Waals surface area contributed by atoms with E-state index in [4.69, 9.17) is 9.40 Å². The molecule has 0 saturated carbocycles. The van der Waals surface area contributed by atoms with Crippen molar-refractivity contribution in [2.75, 3.05) is 0 Å². The van der Waals surface area contributed by atoms with E-state index in [9.17, 15) is 9.90 Å². The topological polar surface area (TPSA) is 76.2 Å². The Morgan fingerprint density at radius 2 is 1.47 bits per heavy atom. The molecule has 0 atom stereocenters. The van der Waals surface area contributed by atoms with Gasteiger partial charge in [-0.3, -0.25) is 14.8 Å². The Kier molecular flexibility index (Phi) is 11.8. The molecule has 1 aliphatic carbocycles. The summed E-state index contributed by atoms with van der Waals surface area (Å²) in [4.78, 5) is 21.6. The average molecular weight is 856 g/mol. The Hall–Kier alpha value is -4.38. The number of fused-ring (bicyclic) bond motifs is 6. The van der Waals surface area contributed by atoms with Crippen LogP contribution in [0.2, 0.25) is 0 Å². The molecule has 7 rings (SSSR count). The number of allylic oxidation sites excluding steroid dienone is 2. The standard InChI is InChI=1S/C30H19N2O.C15H28O2.Ir/c1-2-7-19(8-3-1)26-18-22(17-21-9-4-5-11-23(21)26)28-30-25(14-16-32-28)24-13-12-20-10-6-15-31-27(20)29(24)33-30;1-7-14(5,8-2)12(16)11-13(17)15(6,9-3)10-4;/h1-11,14-16,18H,12-13H2;11,16H,7-10H2,1-6H3;/q-1;;/b;12-11-;. The number of carbonyl (C=O) groups excluding carboxylic acids is 1. The molecule has 0 spiro atoms. The molecule has 3 heterocycles. The molecule has 0 aliphatic heterocycles. The Bertz CT molecular complexity index is 2180. The first kappa shape index (κ1) is 37.9. The zero-order chi connectivity index (χ0) is 35.5. The van der Waals surface area contributed by atoms with Gasteiger partial charge in [0.15, 0.2) is 11.5 Å². The number of aliphatic hydroxyl groups is 1. The fourth-order valence-electron chi connectivity index (χ4n) is 6.71. The number of carbonyl (C=O) groups is 1. The van der Waals surface area contributed by atoms with E-state index in [0.717, 1.165) is 77.6 Å². The van der Waals surface area contributed by atoms with Crippen molar-refractivity contribution in [1.29, 1.82) is 0 Å². The van der Waals surface area contributed by atoms with Crippen LogP contribution >= 0.6 is 0 Å². The molecular weight excluding hydrogens is 809 g/mol. The molecule has 6 heteroatoms. The number of hydrogen-bond acceptors (Lipinski definition) is 5. The van der Waals surface area contributed by atoms with E-state index in [2.05, 4.69) is 77.8 Å². The summed E-state index contributed by atoms with van der Waals surface area (Å²) in [7, 11) is 0. The number of rotatable bonds is 9. The smallest absolute Gasteiger partial charge is 0.164 e. The van der Waals surface area contributed by atoms with Crippen molar-refractivity contribution in [3.8, 4) is 33.8 Å². The largest absolute Gasteiger partial charge is 0.512 e. The van der Waals surface area contributed by atoms with Gasteiger partial charge < -0.3 is 9.52 Å². The molecule has 0 unspecified atom stereocenters. The molecule has 5 nitrogen and oxygen atoms in total. The Balaban J connectivity index is 0.000000242. The van der Waals surface area contributed by atoms with Crippen LogP contribution in [-0.2, 0) is 37.7 Å². The molecule has 1 aliphatic rings. The van der Waals surface area contributed by atoms with Gasteiger partial charge in [-0.2, -0.15) is 0 Å². The molecule has 0 bridgehead atoms. The van der Waals surface area contributed by atoms with Gasteiger partial charge in [-0.15, -0.1) is 23.6 Å². The fraction of sp³-hybridized carbons (Fsp3) is 0.311. The van der Waals surface area contributed by atoms with Gasteiger partial charge in [0.05, 0.1) is 0 Å². The second-order valence-electron chi connectivity index (χ2n) is 13.9. The number of hydrogen-bond donors (Lipinski definition) is 1. The van der Waals surface area contributed by atoms with Crippen LogP contribution in [0.4, 0.5) is 0 Å². The maximum absolute atomic E-state index is 12.2. The van der Waals surface area contributed by atoms with Gasteiger partial charge in [-0.1, -0.05) is 113 Å². The Labute approximate surface area is 315 Å². The van der Waals surface area contributed by atoms with Crippen LogP contribution in [0.1, 0.15) is 78.4 Å². The van der Waals surface area contributed by atoms with Gasteiger partial charge >= 0.3 is 0 Å². The normalized spacial score (nSPS) is 12.8. The Morgan fingerprint density at radius 3 is 2.18 bits per heavy atom. The predicted octanol–water partition coefficient (Wildman–Crippen LogP) is 11.9. The minimum atomic E-state index is -0.337. The van der Waals surface area contributed by atoms with Crippen molar-refractivity contribution < 1.29 is 34.4 Å². The average Bonchev–Trinajstić information content (AvgIpc) is 3.57. The van der Waals surface area contributed by atoms with E-state index in [0.29, 0.717) is 0 Å². The number of nitrogens with zero attached hydrogens (tertiary/aromatic N) is 2. The van der Waals surface area contributed by atoms with Gasteiger partial charge in [0.25, 0.3) is 0 Å². The number of ketones is 1. The first-order chi connectivity index (χ1) is 24.2. The molecule has 265 valence electrons. The van der Waals surface area contributed by atoms with Gasteiger partial charge in [0.1, 0.15) is 17.0 Å². The number of furan rings is 1. The first-order valence-corrected chi connectivity index (χ1v) is 18.0. The van der Waals surface area contributed by atoms with Crippen LogP contribution in [0, 0.1) is 16.9 Å². The second kappa shape index (κ2) is 15.9. The number of pyridine rings is 2. The van der Waals surface area contributed by atoms with E-state index in [1.165, 1.54) is 33.7 Å².